The third kappa shape index (κ3) is 2.83. The molecule has 0 atom stereocenters. The summed E-state index contributed by atoms with van der Waals surface area (Å²) in [5.74, 6) is 0. The summed E-state index contributed by atoms with van der Waals surface area (Å²) in [6.07, 6.45) is 9.35. The van der Waals surface area contributed by atoms with Crippen molar-refractivity contribution >= 4 is 17.1 Å². The molecule has 0 saturated carbocycles. The highest BCUT2D eigenvalue weighted by atomic mass is 16.5. The third-order valence-electron chi connectivity index (χ3n) is 3.93. The highest BCUT2D eigenvalue weighted by Crippen LogP contribution is 2.34. The summed E-state index contributed by atoms with van der Waals surface area (Å²) < 4.78 is 7.27. The van der Waals surface area contributed by atoms with E-state index in [0.717, 1.165) is 45.5 Å². The number of aryl methyl sites for hydroxylation is 2. The van der Waals surface area contributed by atoms with Gasteiger partial charge in [0.2, 0.25) is 0 Å². The monoisotopic (exact) mass is 321 g/mol. The molecule has 3 heterocycles. The molecule has 0 N–H and O–H groups in total. The molecule has 0 fully saturated rings. The van der Waals surface area contributed by atoms with Crippen LogP contribution >= 0.6 is 0 Å². The Labute approximate surface area is 142 Å². The summed E-state index contributed by atoms with van der Waals surface area (Å²) in [6.45, 7) is 9.14. The van der Waals surface area contributed by atoms with E-state index in [9.17, 15) is 0 Å². The zero-order valence-electron chi connectivity index (χ0n) is 14.3. The lowest BCUT2D eigenvalue weighted by Gasteiger charge is -2.14. The average Bonchev–Trinajstić information content (AvgIpc) is 2.98. The fourth-order valence-electron chi connectivity index (χ4n) is 2.93. The van der Waals surface area contributed by atoms with Crippen molar-refractivity contribution in [3.05, 3.63) is 54.5 Å². The SMILES string of the molecule is [CH2]/C=C/c1c(COC)nc2c(cnn2CC)c1-c1cncc(C)c1. The quantitative estimate of drug-likeness (QED) is 0.717. The molecule has 0 aliphatic rings. The standard InChI is InChI=1S/C19H21N4O/c1-5-7-15-17(12-24-4)22-19-16(11-21-23(19)6-2)18(15)14-8-13(3)9-20-10-14/h5,7-11H,1,6,12H2,2-4H3/b7-5+. The molecule has 0 saturated heterocycles. The van der Waals surface area contributed by atoms with E-state index in [0.29, 0.717) is 6.61 Å². The van der Waals surface area contributed by atoms with E-state index in [4.69, 9.17) is 9.72 Å². The van der Waals surface area contributed by atoms with Crippen molar-refractivity contribution in [1.29, 1.82) is 0 Å². The smallest absolute Gasteiger partial charge is 0.158 e. The molecule has 0 aliphatic heterocycles. The van der Waals surface area contributed by atoms with Crippen molar-refractivity contribution in [3.63, 3.8) is 0 Å². The maximum Gasteiger partial charge on any atom is 0.158 e. The number of fused-ring (bicyclic) bond motifs is 1. The van der Waals surface area contributed by atoms with Crippen LogP contribution in [0.5, 0.6) is 0 Å². The maximum atomic E-state index is 5.37. The molecular formula is C19H21N4O. The summed E-state index contributed by atoms with van der Waals surface area (Å²) in [7, 11) is 1.68. The van der Waals surface area contributed by atoms with E-state index in [1.165, 1.54) is 0 Å². The topological polar surface area (TPSA) is 52.8 Å². The number of hydrogen-bond donors (Lipinski definition) is 0. The zero-order valence-corrected chi connectivity index (χ0v) is 14.3. The second kappa shape index (κ2) is 6.93. The first-order valence-corrected chi connectivity index (χ1v) is 7.94. The number of methoxy groups -OCH3 is 1. The largest absolute Gasteiger partial charge is 0.378 e. The van der Waals surface area contributed by atoms with E-state index in [2.05, 4.69) is 30.0 Å². The van der Waals surface area contributed by atoms with Crippen LogP contribution in [0.15, 0.2) is 30.7 Å². The molecule has 0 aromatic carbocycles. The number of allylic oxidation sites excluding steroid dienone is 1. The van der Waals surface area contributed by atoms with Crippen LogP contribution in [-0.2, 0) is 17.9 Å². The average molecular weight is 321 g/mol. The second-order valence-electron chi connectivity index (χ2n) is 5.63. The van der Waals surface area contributed by atoms with Crippen molar-refractivity contribution in [2.45, 2.75) is 27.0 Å². The van der Waals surface area contributed by atoms with Gasteiger partial charge in [-0.1, -0.05) is 12.2 Å². The van der Waals surface area contributed by atoms with E-state index < -0.39 is 0 Å². The van der Waals surface area contributed by atoms with Gasteiger partial charge in [-0.15, -0.1) is 0 Å². The van der Waals surface area contributed by atoms with E-state index in [1.54, 1.807) is 13.2 Å². The van der Waals surface area contributed by atoms with Crippen LogP contribution in [0, 0.1) is 13.8 Å². The molecule has 123 valence electrons. The number of rotatable bonds is 5. The van der Waals surface area contributed by atoms with Gasteiger partial charge in [-0.25, -0.2) is 9.67 Å². The molecule has 5 heteroatoms. The van der Waals surface area contributed by atoms with Crippen LogP contribution < -0.4 is 0 Å². The first-order chi connectivity index (χ1) is 11.7. The normalized spacial score (nSPS) is 11.7. The molecule has 0 bridgehead atoms. The van der Waals surface area contributed by atoms with Gasteiger partial charge in [0.05, 0.1) is 18.5 Å². The Balaban J connectivity index is 2.42. The predicted molar refractivity (Wildman–Crippen MR) is 96.3 cm³/mol. The van der Waals surface area contributed by atoms with Gasteiger partial charge in [0.1, 0.15) is 0 Å². The summed E-state index contributed by atoms with van der Waals surface area (Å²) in [5.41, 5.74) is 5.96. The molecule has 0 unspecified atom stereocenters. The minimum absolute atomic E-state index is 0.427. The van der Waals surface area contributed by atoms with Crippen molar-refractivity contribution in [3.8, 4) is 11.1 Å². The lowest BCUT2D eigenvalue weighted by Crippen LogP contribution is -2.04. The Bertz CT molecular complexity index is 896. The van der Waals surface area contributed by atoms with E-state index in [1.807, 2.05) is 36.3 Å². The minimum atomic E-state index is 0.427. The fraction of sp³-hybridized carbons (Fsp3) is 0.263. The Kier molecular flexibility index (Phi) is 4.71. The summed E-state index contributed by atoms with van der Waals surface area (Å²) in [5, 5.41) is 5.49. The summed E-state index contributed by atoms with van der Waals surface area (Å²) in [6, 6.07) is 2.13. The molecule has 3 aromatic rings. The Morgan fingerprint density at radius 2 is 2.12 bits per heavy atom. The molecule has 5 nitrogen and oxygen atoms in total. The van der Waals surface area contributed by atoms with Crippen LogP contribution in [0.1, 0.15) is 23.7 Å². The van der Waals surface area contributed by atoms with Gasteiger partial charge in [-0.05, 0) is 32.4 Å². The first kappa shape index (κ1) is 16.3. The number of ether oxygens (including phenoxy) is 1. The van der Waals surface area contributed by atoms with Gasteiger partial charge < -0.3 is 4.74 Å². The Morgan fingerprint density at radius 3 is 2.79 bits per heavy atom. The van der Waals surface area contributed by atoms with Gasteiger partial charge in [-0.3, -0.25) is 4.98 Å². The van der Waals surface area contributed by atoms with Crippen LogP contribution in [-0.4, -0.2) is 26.9 Å². The zero-order chi connectivity index (χ0) is 17.1. The molecule has 0 spiro atoms. The summed E-state index contributed by atoms with van der Waals surface area (Å²) >= 11 is 0. The molecule has 24 heavy (non-hydrogen) atoms. The van der Waals surface area contributed by atoms with Crippen LogP contribution in [0.3, 0.4) is 0 Å². The van der Waals surface area contributed by atoms with Crippen molar-refractivity contribution in [2.75, 3.05) is 7.11 Å². The number of hydrogen-bond acceptors (Lipinski definition) is 4. The van der Waals surface area contributed by atoms with Crippen LogP contribution in [0.4, 0.5) is 0 Å². The molecule has 1 radical (unpaired) electrons. The van der Waals surface area contributed by atoms with Gasteiger partial charge >= 0.3 is 0 Å². The van der Waals surface area contributed by atoms with Gasteiger partial charge in [0.25, 0.3) is 0 Å². The van der Waals surface area contributed by atoms with Crippen molar-refractivity contribution in [1.82, 2.24) is 19.7 Å². The lowest BCUT2D eigenvalue weighted by atomic mass is 9.96. The fourth-order valence-corrected chi connectivity index (χ4v) is 2.93. The lowest BCUT2D eigenvalue weighted by molar-refractivity contribution is 0.181. The van der Waals surface area contributed by atoms with Gasteiger partial charge in [0.15, 0.2) is 5.65 Å². The van der Waals surface area contributed by atoms with Crippen molar-refractivity contribution < 1.29 is 4.74 Å². The number of aromatic nitrogens is 4. The van der Waals surface area contributed by atoms with Gasteiger partial charge in [-0.2, -0.15) is 5.10 Å². The molecule has 0 aliphatic carbocycles. The number of pyridine rings is 2. The first-order valence-electron chi connectivity index (χ1n) is 7.94. The summed E-state index contributed by atoms with van der Waals surface area (Å²) in [4.78, 5) is 9.15. The van der Waals surface area contributed by atoms with E-state index in [-0.39, 0.29) is 0 Å². The molecule has 3 rings (SSSR count). The molecule has 3 aromatic heterocycles. The highest BCUT2D eigenvalue weighted by Gasteiger charge is 2.18. The Morgan fingerprint density at radius 1 is 1.29 bits per heavy atom. The third-order valence-corrected chi connectivity index (χ3v) is 3.93. The second-order valence-corrected chi connectivity index (χ2v) is 5.63. The predicted octanol–water partition coefficient (Wildman–Crippen LogP) is 3.82. The Hall–Kier alpha value is -2.53. The van der Waals surface area contributed by atoms with Crippen molar-refractivity contribution in [2.24, 2.45) is 0 Å². The highest BCUT2D eigenvalue weighted by molar-refractivity contribution is 5.97. The molecular weight excluding hydrogens is 300 g/mol. The van der Waals surface area contributed by atoms with Crippen LogP contribution in [0.2, 0.25) is 0 Å². The minimum Gasteiger partial charge on any atom is -0.378 e. The van der Waals surface area contributed by atoms with Crippen LogP contribution in [0.25, 0.3) is 28.2 Å². The maximum absolute atomic E-state index is 5.37. The van der Waals surface area contributed by atoms with Gasteiger partial charge in [0, 0.05) is 48.1 Å². The number of nitrogens with zero attached hydrogens (tertiary/aromatic N) is 4. The van der Waals surface area contributed by atoms with E-state index >= 15 is 0 Å². The molecule has 0 amide bonds.